The molecule has 0 aliphatic carbocycles. The number of nitrogens with zero attached hydrogens (tertiary/aromatic N) is 2. The summed E-state index contributed by atoms with van der Waals surface area (Å²) in [6.45, 7) is 8.19. The van der Waals surface area contributed by atoms with Crippen LogP contribution in [0, 0.1) is 5.92 Å². The number of aliphatic imine (C=N–C) groups is 2. The Morgan fingerprint density at radius 2 is 2.00 bits per heavy atom. The lowest BCUT2D eigenvalue weighted by Crippen LogP contribution is -2.32. The Balaban J connectivity index is 2.71. The van der Waals surface area contributed by atoms with Crippen molar-refractivity contribution in [2.75, 3.05) is 0 Å². The van der Waals surface area contributed by atoms with E-state index in [0.29, 0.717) is 5.92 Å². The first-order valence-corrected chi connectivity index (χ1v) is 4.89. The Morgan fingerprint density at radius 3 is 2.46 bits per heavy atom. The molecule has 0 unspecified atom stereocenters. The van der Waals surface area contributed by atoms with Gasteiger partial charge in [-0.15, -0.1) is 0 Å². The summed E-state index contributed by atoms with van der Waals surface area (Å²) in [4.78, 5) is 8.30. The Hall–Kier alpha value is -0.860. The second kappa shape index (κ2) is 3.90. The number of hydrogen-bond acceptors (Lipinski definition) is 3. The van der Waals surface area contributed by atoms with Crippen LogP contribution in [0.3, 0.4) is 0 Å². The zero-order valence-electron chi connectivity index (χ0n) is 8.87. The van der Waals surface area contributed by atoms with Crippen LogP contribution in [0.15, 0.2) is 9.98 Å². The molecular weight excluding hydrogens is 164 g/mol. The fraction of sp³-hybridized carbons (Fsp3) is 0.800. The SMILES string of the molecule is CCC(CC)C1=NC=NC(C)(C)O1. The normalized spacial score (nSPS) is 19.9. The molecule has 3 nitrogen and oxygen atoms in total. The van der Waals surface area contributed by atoms with Gasteiger partial charge in [0.15, 0.2) is 11.6 Å². The minimum Gasteiger partial charge on any atom is -0.453 e. The third-order valence-electron chi connectivity index (χ3n) is 2.24. The van der Waals surface area contributed by atoms with Gasteiger partial charge in [-0.25, -0.2) is 9.98 Å². The maximum absolute atomic E-state index is 5.67. The van der Waals surface area contributed by atoms with E-state index in [0.717, 1.165) is 18.7 Å². The molecule has 1 rings (SSSR count). The van der Waals surface area contributed by atoms with Gasteiger partial charge in [0.1, 0.15) is 6.34 Å². The second-order valence-electron chi connectivity index (χ2n) is 3.77. The van der Waals surface area contributed by atoms with Crippen LogP contribution < -0.4 is 0 Å². The highest BCUT2D eigenvalue weighted by atomic mass is 16.5. The lowest BCUT2D eigenvalue weighted by atomic mass is 10.0. The molecule has 0 saturated carbocycles. The Bertz CT molecular complexity index is 227. The summed E-state index contributed by atoms with van der Waals surface area (Å²) in [6, 6.07) is 0. The third kappa shape index (κ3) is 2.54. The number of hydrogen-bond donors (Lipinski definition) is 0. The first kappa shape index (κ1) is 10.2. The maximum Gasteiger partial charge on any atom is 0.197 e. The first-order valence-electron chi connectivity index (χ1n) is 4.89. The van der Waals surface area contributed by atoms with Gasteiger partial charge in [-0.05, 0) is 26.7 Å². The minimum absolute atomic E-state index is 0.431. The second-order valence-corrected chi connectivity index (χ2v) is 3.77. The molecule has 0 aromatic rings. The van der Waals surface area contributed by atoms with Crippen LogP contribution in [0.4, 0.5) is 0 Å². The van der Waals surface area contributed by atoms with E-state index in [1.807, 2.05) is 13.8 Å². The molecule has 1 heterocycles. The van der Waals surface area contributed by atoms with Crippen molar-refractivity contribution in [2.24, 2.45) is 15.9 Å². The summed E-state index contributed by atoms with van der Waals surface area (Å²) in [7, 11) is 0. The van der Waals surface area contributed by atoms with Gasteiger partial charge < -0.3 is 4.74 Å². The van der Waals surface area contributed by atoms with Crippen molar-refractivity contribution in [3.63, 3.8) is 0 Å². The maximum atomic E-state index is 5.67. The van der Waals surface area contributed by atoms with Gasteiger partial charge in [0.25, 0.3) is 0 Å². The molecule has 1 aliphatic heterocycles. The van der Waals surface area contributed by atoms with E-state index in [2.05, 4.69) is 23.8 Å². The van der Waals surface area contributed by atoms with Crippen LogP contribution in [0.5, 0.6) is 0 Å². The summed E-state index contributed by atoms with van der Waals surface area (Å²) in [5, 5.41) is 0. The molecule has 0 aromatic carbocycles. The standard InChI is InChI=1S/C10H18N2O/c1-5-8(6-2)9-11-7-12-10(3,4)13-9/h7-8H,5-6H2,1-4H3. The number of ether oxygens (including phenoxy) is 1. The number of rotatable bonds is 3. The average Bonchev–Trinajstić information content (AvgIpc) is 2.05. The van der Waals surface area contributed by atoms with Crippen molar-refractivity contribution in [1.82, 2.24) is 0 Å². The van der Waals surface area contributed by atoms with Crippen LogP contribution in [0.1, 0.15) is 40.5 Å². The van der Waals surface area contributed by atoms with E-state index in [9.17, 15) is 0 Å². The molecule has 13 heavy (non-hydrogen) atoms. The van der Waals surface area contributed by atoms with Crippen LogP contribution in [-0.2, 0) is 4.74 Å². The summed E-state index contributed by atoms with van der Waals surface area (Å²) in [5.41, 5.74) is -0.431. The van der Waals surface area contributed by atoms with E-state index < -0.39 is 5.72 Å². The average molecular weight is 182 g/mol. The van der Waals surface area contributed by atoms with Crippen molar-refractivity contribution >= 4 is 12.2 Å². The molecule has 74 valence electrons. The summed E-state index contributed by atoms with van der Waals surface area (Å²) in [5.74, 6) is 1.27. The van der Waals surface area contributed by atoms with Crippen molar-refractivity contribution in [2.45, 2.75) is 46.3 Å². The van der Waals surface area contributed by atoms with Crippen molar-refractivity contribution in [3.05, 3.63) is 0 Å². The molecule has 0 saturated heterocycles. The molecule has 0 aromatic heterocycles. The summed E-state index contributed by atoms with van der Waals surface area (Å²) < 4.78 is 5.67. The Labute approximate surface area is 79.9 Å². The van der Waals surface area contributed by atoms with E-state index >= 15 is 0 Å². The molecule has 0 N–H and O–H groups in total. The molecule has 1 aliphatic rings. The topological polar surface area (TPSA) is 34.0 Å². The molecule has 0 spiro atoms. The molecule has 0 fully saturated rings. The smallest absolute Gasteiger partial charge is 0.197 e. The fourth-order valence-electron chi connectivity index (χ4n) is 1.36. The monoisotopic (exact) mass is 182 g/mol. The molecular formula is C10H18N2O. The van der Waals surface area contributed by atoms with Crippen molar-refractivity contribution < 1.29 is 4.74 Å². The highest BCUT2D eigenvalue weighted by Gasteiger charge is 2.25. The van der Waals surface area contributed by atoms with Crippen molar-refractivity contribution in [1.29, 1.82) is 0 Å². The molecule has 0 bridgehead atoms. The zero-order valence-corrected chi connectivity index (χ0v) is 8.87. The van der Waals surface area contributed by atoms with Gasteiger partial charge in [-0.2, -0.15) is 0 Å². The molecule has 0 atom stereocenters. The van der Waals surface area contributed by atoms with E-state index in [1.54, 1.807) is 6.34 Å². The predicted octanol–water partition coefficient (Wildman–Crippen LogP) is 2.62. The lowest BCUT2D eigenvalue weighted by Gasteiger charge is -2.28. The Morgan fingerprint density at radius 1 is 1.38 bits per heavy atom. The van der Waals surface area contributed by atoms with Gasteiger partial charge in [-0.1, -0.05) is 13.8 Å². The van der Waals surface area contributed by atoms with Gasteiger partial charge in [-0.3, -0.25) is 0 Å². The van der Waals surface area contributed by atoms with E-state index in [4.69, 9.17) is 4.74 Å². The molecule has 3 heteroatoms. The zero-order chi connectivity index (χ0) is 9.90. The highest BCUT2D eigenvalue weighted by Crippen LogP contribution is 2.21. The first-order chi connectivity index (χ1) is 6.09. The fourth-order valence-corrected chi connectivity index (χ4v) is 1.36. The minimum atomic E-state index is -0.431. The van der Waals surface area contributed by atoms with E-state index in [1.165, 1.54) is 0 Å². The van der Waals surface area contributed by atoms with Crippen LogP contribution in [0.25, 0.3) is 0 Å². The van der Waals surface area contributed by atoms with Crippen LogP contribution >= 0.6 is 0 Å². The van der Waals surface area contributed by atoms with Gasteiger partial charge in [0.2, 0.25) is 0 Å². The van der Waals surface area contributed by atoms with Crippen molar-refractivity contribution in [3.8, 4) is 0 Å². The quantitative estimate of drug-likeness (QED) is 0.660. The molecule has 0 radical (unpaired) electrons. The van der Waals surface area contributed by atoms with Gasteiger partial charge in [0, 0.05) is 5.92 Å². The predicted molar refractivity (Wildman–Crippen MR) is 55.2 cm³/mol. The van der Waals surface area contributed by atoms with Gasteiger partial charge in [0.05, 0.1) is 0 Å². The summed E-state index contributed by atoms with van der Waals surface area (Å²) >= 11 is 0. The molecule has 0 amide bonds. The Kier molecular flexibility index (Phi) is 3.07. The summed E-state index contributed by atoms with van der Waals surface area (Å²) in [6.07, 6.45) is 3.75. The van der Waals surface area contributed by atoms with Gasteiger partial charge >= 0.3 is 0 Å². The third-order valence-corrected chi connectivity index (χ3v) is 2.24. The largest absolute Gasteiger partial charge is 0.453 e. The van der Waals surface area contributed by atoms with Crippen LogP contribution in [-0.4, -0.2) is 18.0 Å². The van der Waals surface area contributed by atoms with E-state index in [-0.39, 0.29) is 0 Å². The van der Waals surface area contributed by atoms with Crippen LogP contribution in [0.2, 0.25) is 0 Å². The highest BCUT2D eigenvalue weighted by molar-refractivity contribution is 5.87. The lowest BCUT2D eigenvalue weighted by molar-refractivity contribution is 0.0911.